The van der Waals surface area contributed by atoms with Gasteiger partial charge in [0.05, 0.1) is 5.69 Å². The highest BCUT2D eigenvalue weighted by Gasteiger charge is 2.14. The molecule has 1 aromatic heterocycles. The maximum absolute atomic E-state index is 12.2. The van der Waals surface area contributed by atoms with Gasteiger partial charge in [0.25, 0.3) is 0 Å². The molecule has 0 saturated carbocycles. The summed E-state index contributed by atoms with van der Waals surface area (Å²) in [5.74, 6) is 0.157. The van der Waals surface area contributed by atoms with E-state index in [1.54, 1.807) is 0 Å². The highest BCUT2D eigenvalue weighted by molar-refractivity contribution is 5.97. The number of Topliss-reactive ketones (excluding diaryl/α,β-unsaturated/α-hetero) is 1. The van der Waals surface area contributed by atoms with Gasteiger partial charge >= 0.3 is 0 Å². The fraction of sp³-hybridized carbons (Fsp3) is 0.267. The summed E-state index contributed by atoms with van der Waals surface area (Å²) in [6.07, 6.45) is 0.459. The van der Waals surface area contributed by atoms with Gasteiger partial charge in [-0.1, -0.05) is 30.3 Å². The number of aryl methyl sites for hydroxylation is 1. The number of carbonyl (C=O) groups excluding carboxylic acids is 1. The Morgan fingerprint density at radius 2 is 1.71 bits per heavy atom. The van der Waals surface area contributed by atoms with Gasteiger partial charge in [-0.2, -0.15) is 0 Å². The standard InChI is InChI=1S/C15H17NO/c1-10-11(2)15(16-12(10)3)14(17)9-13-7-5-4-6-8-13/h4-8,16H,9H2,1-3H3. The van der Waals surface area contributed by atoms with E-state index in [9.17, 15) is 4.79 Å². The van der Waals surface area contributed by atoms with Crippen molar-refractivity contribution >= 4 is 5.78 Å². The quantitative estimate of drug-likeness (QED) is 0.801. The van der Waals surface area contributed by atoms with E-state index >= 15 is 0 Å². The Labute approximate surface area is 102 Å². The van der Waals surface area contributed by atoms with Gasteiger partial charge in [0.15, 0.2) is 5.78 Å². The second-order valence-electron chi connectivity index (χ2n) is 4.46. The molecule has 0 atom stereocenters. The molecule has 0 unspecified atom stereocenters. The normalized spacial score (nSPS) is 10.5. The maximum atomic E-state index is 12.2. The van der Waals surface area contributed by atoms with E-state index < -0.39 is 0 Å². The zero-order valence-electron chi connectivity index (χ0n) is 10.5. The van der Waals surface area contributed by atoms with E-state index in [1.807, 2.05) is 51.1 Å². The van der Waals surface area contributed by atoms with Gasteiger partial charge in [-0.15, -0.1) is 0 Å². The number of ketones is 1. The summed E-state index contributed by atoms with van der Waals surface area (Å²) >= 11 is 0. The molecule has 17 heavy (non-hydrogen) atoms. The largest absolute Gasteiger partial charge is 0.356 e. The van der Waals surface area contributed by atoms with E-state index in [-0.39, 0.29) is 5.78 Å². The Morgan fingerprint density at radius 1 is 1.06 bits per heavy atom. The molecule has 0 aliphatic rings. The minimum Gasteiger partial charge on any atom is -0.356 e. The van der Waals surface area contributed by atoms with E-state index in [2.05, 4.69) is 4.98 Å². The predicted octanol–water partition coefficient (Wildman–Crippen LogP) is 3.37. The van der Waals surface area contributed by atoms with Crippen molar-refractivity contribution in [1.82, 2.24) is 4.98 Å². The summed E-state index contributed by atoms with van der Waals surface area (Å²) in [5.41, 5.74) is 5.15. The number of aromatic nitrogens is 1. The number of rotatable bonds is 3. The molecular formula is C15H17NO. The zero-order chi connectivity index (χ0) is 12.4. The summed E-state index contributed by atoms with van der Waals surface area (Å²) in [7, 11) is 0. The molecular weight excluding hydrogens is 210 g/mol. The lowest BCUT2D eigenvalue weighted by Gasteiger charge is -2.01. The maximum Gasteiger partial charge on any atom is 0.183 e. The molecule has 0 fully saturated rings. The number of hydrogen-bond acceptors (Lipinski definition) is 1. The minimum absolute atomic E-state index is 0.157. The lowest BCUT2D eigenvalue weighted by atomic mass is 10.0. The van der Waals surface area contributed by atoms with Crippen LogP contribution in [0.1, 0.15) is 32.9 Å². The average molecular weight is 227 g/mol. The van der Waals surface area contributed by atoms with Crippen LogP contribution in [0.4, 0.5) is 0 Å². The van der Waals surface area contributed by atoms with Crippen molar-refractivity contribution in [2.75, 3.05) is 0 Å². The number of aromatic amines is 1. The van der Waals surface area contributed by atoms with Crippen molar-refractivity contribution in [1.29, 1.82) is 0 Å². The molecule has 0 bridgehead atoms. The Kier molecular flexibility index (Phi) is 3.14. The number of benzene rings is 1. The van der Waals surface area contributed by atoms with Crippen LogP contribution in [0.5, 0.6) is 0 Å². The number of H-pyrrole nitrogens is 1. The third-order valence-electron chi connectivity index (χ3n) is 3.30. The van der Waals surface area contributed by atoms with Gasteiger partial charge in [0.1, 0.15) is 0 Å². The predicted molar refractivity (Wildman–Crippen MR) is 69.5 cm³/mol. The smallest absolute Gasteiger partial charge is 0.183 e. The van der Waals surface area contributed by atoms with Crippen molar-refractivity contribution in [2.24, 2.45) is 0 Å². The summed E-state index contributed by atoms with van der Waals surface area (Å²) in [6, 6.07) is 9.84. The molecule has 1 N–H and O–H groups in total. The fourth-order valence-electron chi connectivity index (χ4n) is 1.99. The van der Waals surface area contributed by atoms with E-state index in [0.29, 0.717) is 6.42 Å². The lowest BCUT2D eigenvalue weighted by Crippen LogP contribution is -2.05. The Morgan fingerprint density at radius 3 is 2.24 bits per heavy atom. The van der Waals surface area contributed by atoms with E-state index in [4.69, 9.17) is 0 Å². The highest BCUT2D eigenvalue weighted by atomic mass is 16.1. The van der Waals surface area contributed by atoms with E-state index in [1.165, 1.54) is 5.56 Å². The van der Waals surface area contributed by atoms with E-state index in [0.717, 1.165) is 22.5 Å². The lowest BCUT2D eigenvalue weighted by molar-refractivity contribution is 0.0988. The van der Waals surface area contributed by atoms with Crippen LogP contribution in [0.2, 0.25) is 0 Å². The van der Waals surface area contributed by atoms with Gasteiger partial charge in [-0.25, -0.2) is 0 Å². The first-order chi connectivity index (χ1) is 8.09. The first kappa shape index (κ1) is 11.6. The van der Waals surface area contributed by atoms with Crippen LogP contribution < -0.4 is 0 Å². The van der Waals surface area contributed by atoms with Crippen molar-refractivity contribution in [3.63, 3.8) is 0 Å². The summed E-state index contributed by atoms with van der Waals surface area (Å²) in [5, 5.41) is 0. The first-order valence-corrected chi connectivity index (χ1v) is 5.82. The van der Waals surface area contributed by atoms with Crippen LogP contribution in [0.25, 0.3) is 0 Å². The van der Waals surface area contributed by atoms with Crippen molar-refractivity contribution in [3.8, 4) is 0 Å². The minimum atomic E-state index is 0.157. The monoisotopic (exact) mass is 227 g/mol. The molecule has 88 valence electrons. The van der Waals surface area contributed by atoms with Crippen LogP contribution >= 0.6 is 0 Å². The van der Waals surface area contributed by atoms with Crippen LogP contribution in [0.15, 0.2) is 30.3 Å². The highest BCUT2D eigenvalue weighted by Crippen LogP contribution is 2.18. The molecule has 0 amide bonds. The van der Waals surface area contributed by atoms with Crippen molar-refractivity contribution < 1.29 is 4.79 Å². The first-order valence-electron chi connectivity index (χ1n) is 5.82. The molecule has 0 spiro atoms. The number of hydrogen-bond donors (Lipinski definition) is 1. The molecule has 0 radical (unpaired) electrons. The van der Waals surface area contributed by atoms with Crippen LogP contribution in [0, 0.1) is 20.8 Å². The van der Waals surface area contributed by atoms with Crippen LogP contribution in [0.3, 0.4) is 0 Å². The number of nitrogens with one attached hydrogen (secondary N) is 1. The third-order valence-corrected chi connectivity index (χ3v) is 3.30. The summed E-state index contributed by atoms with van der Waals surface area (Å²) < 4.78 is 0. The number of carbonyl (C=O) groups is 1. The Hall–Kier alpha value is -1.83. The third kappa shape index (κ3) is 2.31. The topological polar surface area (TPSA) is 32.9 Å². The fourth-order valence-corrected chi connectivity index (χ4v) is 1.99. The average Bonchev–Trinajstić information content (AvgIpc) is 2.58. The SMILES string of the molecule is Cc1[nH]c(C(=O)Cc2ccccc2)c(C)c1C. The summed E-state index contributed by atoms with van der Waals surface area (Å²) in [4.78, 5) is 15.4. The molecule has 2 heteroatoms. The molecule has 2 rings (SSSR count). The second-order valence-corrected chi connectivity index (χ2v) is 4.46. The Balaban J connectivity index is 2.24. The van der Waals surface area contributed by atoms with Gasteiger partial charge in [-0.3, -0.25) is 4.79 Å². The van der Waals surface area contributed by atoms with Gasteiger partial charge in [0, 0.05) is 12.1 Å². The second kappa shape index (κ2) is 4.58. The molecule has 0 aliphatic carbocycles. The summed E-state index contributed by atoms with van der Waals surface area (Å²) in [6.45, 7) is 6.04. The van der Waals surface area contributed by atoms with Crippen molar-refractivity contribution in [3.05, 3.63) is 58.4 Å². The van der Waals surface area contributed by atoms with Crippen molar-refractivity contribution in [2.45, 2.75) is 27.2 Å². The molecule has 2 nitrogen and oxygen atoms in total. The molecule has 0 saturated heterocycles. The van der Waals surface area contributed by atoms with Gasteiger partial charge < -0.3 is 4.98 Å². The molecule has 2 aromatic rings. The Bertz CT molecular complexity index is 538. The molecule has 1 aromatic carbocycles. The van der Waals surface area contributed by atoms with Gasteiger partial charge in [-0.05, 0) is 37.5 Å². The van der Waals surface area contributed by atoms with Crippen LogP contribution in [-0.4, -0.2) is 10.8 Å². The molecule has 0 aliphatic heterocycles. The molecule has 1 heterocycles. The van der Waals surface area contributed by atoms with Gasteiger partial charge in [0.2, 0.25) is 0 Å². The van der Waals surface area contributed by atoms with Crippen LogP contribution in [-0.2, 0) is 6.42 Å². The zero-order valence-corrected chi connectivity index (χ0v) is 10.5.